The van der Waals surface area contributed by atoms with Crippen LogP contribution in [0.5, 0.6) is 5.75 Å². The molecule has 0 unspecified atom stereocenters. The second kappa shape index (κ2) is 3.91. The van der Waals surface area contributed by atoms with Crippen molar-refractivity contribution in [1.29, 1.82) is 0 Å². The first-order valence-electron chi connectivity index (χ1n) is 4.07. The van der Waals surface area contributed by atoms with Crippen LogP contribution in [-0.2, 0) is 0 Å². The summed E-state index contributed by atoms with van der Waals surface area (Å²) in [5.74, 6) is 0.401. The fourth-order valence-corrected chi connectivity index (χ4v) is 0.893. The molecule has 6 nitrogen and oxygen atoms in total. The number of rotatable bonds is 3. The van der Waals surface area contributed by atoms with E-state index in [4.69, 9.17) is 10.5 Å². The Labute approximate surface area is 80.9 Å². The average molecular weight is 197 g/mol. The number of aromatic nitrogens is 1. The number of ether oxygens (including phenoxy) is 1. The molecule has 1 heterocycles. The summed E-state index contributed by atoms with van der Waals surface area (Å²) >= 11 is 0. The normalized spacial score (nSPS) is 10.2. The van der Waals surface area contributed by atoms with Gasteiger partial charge in [0.1, 0.15) is 6.20 Å². The molecule has 0 bridgehead atoms. The van der Waals surface area contributed by atoms with Gasteiger partial charge in [0, 0.05) is 0 Å². The summed E-state index contributed by atoms with van der Waals surface area (Å²) in [6.45, 7) is 3.61. The smallest absolute Gasteiger partial charge is 0.291 e. The van der Waals surface area contributed by atoms with Crippen LogP contribution in [0.4, 0.5) is 11.5 Å². The molecule has 0 saturated heterocycles. The predicted octanol–water partition coefficient (Wildman–Crippen LogP) is 1.36. The molecule has 76 valence electrons. The van der Waals surface area contributed by atoms with E-state index in [9.17, 15) is 10.1 Å². The highest BCUT2D eigenvalue weighted by Gasteiger charge is 2.12. The molecule has 6 heteroatoms. The standard InChI is InChI=1S/C8H11N3O3/c1-5(2)14-7-3-6(11(12)13)4-10-8(7)9/h3-5H,1-2H3,(H2,9,10). The number of anilines is 1. The van der Waals surface area contributed by atoms with Gasteiger partial charge < -0.3 is 10.5 Å². The molecule has 14 heavy (non-hydrogen) atoms. The Morgan fingerprint density at radius 1 is 1.64 bits per heavy atom. The first kappa shape index (κ1) is 10.2. The van der Waals surface area contributed by atoms with Gasteiger partial charge >= 0.3 is 0 Å². The minimum absolute atomic E-state index is 0.0962. The maximum Gasteiger partial charge on any atom is 0.291 e. The fourth-order valence-electron chi connectivity index (χ4n) is 0.893. The van der Waals surface area contributed by atoms with Crippen molar-refractivity contribution in [2.45, 2.75) is 20.0 Å². The van der Waals surface area contributed by atoms with Crippen LogP contribution in [-0.4, -0.2) is 16.0 Å². The van der Waals surface area contributed by atoms with E-state index in [1.165, 1.54) is 6.07 Å². The van der Waals surface area contributed by atoms with Crippen LogP contribution in [0.15, 0.2) is 12.3 Å². The largest absolute Gasteiger partial charge is 0.487 e. The highest BCUT2D eigenvalue weighted by molar-refractivity contribution is 5.50. The molecule has 0 fully saturated rings. The third-order valence-electron chi connectivity index (χ3n) is 1.44. The first-order valence-corrected chi connectivity index (χ1v) is 4.07. The summed E-state index contributed by atoms with van der Waals surface area (Å²) in [5, 5.41) is 10.4. The Morgan fingerprint density at radius 3 is 2.79 bits per heavy atom. The summed E-state index contributed by atoms with van der Waals surface area (Å²) in [7, 11) is 0. The summed E-state index contributed by atoms with van der Waals surface area (Å²) in [5.41, 5.74) is 5.35. The van der Waals surface area contributed by atoms with Crippen LogP contribution >= 0.6 is 0 Å². The van der Waals surface area contributed by atoms with E-state index in [1.807, 2.05) is 0 Å². The van der Waals surface area contributed by atoms with Crippen molar-refractivity contribution in [3.63, 3.8) is 0 Å². The maximum atomic E-state index is 10.4. The number of nitrogen functional groups attached to an aromatic ring is 1. The number of hydrogen-bond acceptors (Lipinski definition) is 5. The van der Waals surface area contributed by atoms with Gasteiger partial charge in [-0.05, 0) is 13.8 Å². The Bertz CT molecular complexity index is 352. The molecular formula is C8H11N3O3. The lowest BCUT2D eigenvalue weighted by Gasteiger charge is -2.10. The maximum absolute atomic E-state index is 10.4. The van der Waals surface area contributed by atoms with E-state index >= 15 is 0 Å². The number of nitro groups is 1. The molecule has 1 rings (SSSR count). The minimum atomic E-state index is -0.542. The molecule has 0 aliphatic heterocycles. The number of nitrogens with zero attached hydrogens (tertiary/aromatic N) is 2. The van der Waals surface area contributed by atoms with E-state index < -0.39 is 4.92 Å². The third kappa shape index (κ3) is 2.32. The SMILES string of the molecule is CC(C)Oc1cc([N+](=O)[O-])cnc1N. The highest BCUT2D eigenvalue weighted by atomic mass is 16.6. The summed E-state index contributed by atoms with van der Waals surface area (Å²) in [6, 6.07) is 1.27. The molecule has 0 aliphatic rings. The summed E-state index contributed by atoms with van der Waals surface area (Å²) in [4.78, 5) is 13.5. The zero-order valence-corrected chi connectivity index (χ0v) is 7.93. The quantitative estimate of drug-likeness (QED) is 0.583. The zero-order chi connectivity index (χ0) is 10.7. The van der Waals surface area contributed by atoms with Crippen molar-refractivity contribution in [1.82, 2.24) is 4.98 Å². The van der Waals surface area contributed by atoms with Crippen molar-refractivity contribution in [2.75, 3.05) is 5.73 Å². The molecule has 0 amide bonds. The van der Waals surface area contributed by atoms with Gasteiger partial charge in [-0.1, -0.05) is 0 Å². The van der Waals surface area contributed by atoms with Gasteiger partial charge in [-0.2, -0.15) is 0 Å². The van der Waals surface area contributed by atoms with Crippen LogP contribution in [0.1, 0.15) is 13.8 Å². The Balaban J connectivity index is 3.02. The molecule has 0 spiro atoms. The zero-order valence-electron chi connectivity index (χ0n) is 7.93. The van der Waals surface area contributed by atoms with E-state index in [0.717, 1.165) is 6.20 Å². The van der Waals surface area contributed by atoms with Crippen molar-refractivity contribution in [3.05, 3.63) is 22.4 Å². The molecular weight excluding hydrogens is 186 g/mol. The van der Waals surface area contributed by atoms with Gasteiger partial charge in [0.25, 0.3) is 5.69 Å². The topological polar surface area (TPSA) is 91.3 Å². The van der Waals surface area contributed by atoms with Crippen LogP contribution in [0.25, 0.3) is 0 Å². The average Bonchev–Trinajstić information content (AvgIpc) is 2.07. The second-order valence-electron chi connectivity index (χ2n) is 3.00. The van der Waals surface area contributed by atoms with Gasteiger partial charge in [-0.25, -0.2) is 4.98 Å². The van der Waals surface area contributed by atoms with Gasteiger partial charge in [-0.3, -0.25) is 10.1 Å². The molecule has 0 radical (unpaired) electrons. The Kier molecular flexibility index (Phi) is 2.85. The van der Waals surface area contributed by atoms with Gasteiger partial charge in [-0.15, -0.1) is 0 Å². The third-order valence-corrected chi connectivity index (χ3v) is 1.44. The van der Waals surface area contributed by atoms with E-state index in [-0.39, 0.29) is 23.4 Å². The van der Waals surface area contributed by atoms with Crippen molar-refractivity contribution >= 4 is 11.5 Å². The predicted molar refractivity (Wildman–Crippen MR) is 51.1 cm³/mol. The number of hydrogen-bond donors (Lipinski definition) is 1. The molecule has 1 aromatic heterocycles. The fraction of sp³-hybridized carbons (Fsp3) is 0.375. The number of pyridine rings is 1. The lowest BCUT2D eigenvalue weighted by molar-refractivity contribution is -0.385. The van der Waals surface area contributed by atoms with E-state index in [0.29, 0.717) is 0 Å². The first-order chi connectivity index (χ1) is 6.50. The van der Waals surface area contributed by atoms with Crippen molar-refractivity contribution < 1.29 is 9.66 Å². The van der Waals surface area contributed by atoms with Crippen molar-refractivity contribution in [2.24, 2.45) is 0 Å². The second-order valence-corrected chi connectivity index (χ2v) is 3.00. The molecule has 2 N–H and O–H groups in total. The van der Waals surface area contributed by atoms with E-state index in [1.54, 1.807) is 13.8 Å². The van der Waals surface area contributed by atoms with Crippen LogP contribution in [0.2, 0.25) is 0 Å². The minimum Gasteiger partial charge on any atom is -0.487 e. The monoisotopic (exact) mass is 197 g/mol. The van der Waals surface area contributed by atoms with Crippen LogP contribution < -0.4 is 10.5 Å². The van der Waals surface area contributed by atoms with E-state index in [2.05, 4.69) is 4.98 Å². The Hall–Kier alpha value is -1.85. The molecule has 0 aliphatic carbocycles. The van der Waals surface area contributed by atoms with Gasteiger partial charge in [0.05, 0.1) is 17.1 Å². The summed E-state index contributed by atoms with van der Waals surface area (Å²) < 4.78 is 5.24. The molecule has 0 atom stereocenters. The summed E-state index contributed by atoms with van der Waals surface area (Å²) in [6.07, 6.45) is 1.00. The van der Waals surface area contributed by atoms with Crippen LogP contribution in [0, 0.1) is 10.1 Å². The highest BCUT2D eigenvalue weighted by Crippen LogP contribution is 2.24. The molecule has 0 saturated carbocycles. The lowest BCUT2D eigenvalue weighted by atomic mass is 10.3. The lowest BCUT2D eigenvalue weighted by Crippen LogP contribution is -2.08. The Morgan fingerprint density at radius 2 is 2.29 bits per heavy atom. The van der Waals surface area contributed by atoms with Crippen LogP contribution in [0.3, 0.4) is 0 Å². The van der Waals surface area contributed by atoms with Gasteiger partial charge in [0.15, 0.2) is 11.6 Å². The van der Waals surface area contributed by atoms with Crippen molar-refractivity contribution in [3.8, 4) is 5.75 Å². The number of nitrogens with two attached hydrogens (primary N) is 1. The molecule has 0 aromatic carbocycles. The molecule has 1 aromatic rings. The van der Waals surface area contributed by atoms with Gasteiger partial charge in [0.2, 0.25) is 0 Å².